The number of aliphatic carboxylic acids is 2. The van der Waals surface area contributed by atoms with Gasteiger partial charge in [-0.2, -0.15) is 10.5 Å². The first-order valence-corrected chi connectivity index (χ1v) is 8.41. The van der Waals surface area contributed by atoms with Gasteiger partial charge in [-0.1, -0.05) is 0 Å². The molecule has 0 aromatic carbocycles. The van der Waals surface area contributed by atoms with E-state index in [1.54, 1.807) is 27.7 Å². The lowest BCUT2D eigenvalue weighted by molar-refractivity contribution is -0.148. The van der Waals surface area contributed by atoms with Crippen molar-refractivity contribution >= 4 is 23.5 Å². The zero-order valence-corrected chi connectivity index (χ0v) is 16.8. The highest BCUT2D eigenvalue weighted by Gasteiger charge is 2.28. The first-order chi connectivity index (χ1) is 12.7. The standard InChI is InChI=1S/C16H26O6.2CH2N2/c1-15(2,13(19)20)9-7-11(17)5-6-12(18)8-10-16(3,4)14(21)22;2*2-1-3/h5-10H2,1-4H3,(H,19,20)(H,21,22);2*2H2. The molecular weight excluding hydrogens is 368 g/mol. The minimum atomic E-state index is -0.953. The van der Waals surface area contributed by atoms with Crippen molar-refractivity contribution < 1.29 is 29.4 Å². The van der Waals surface area contributed by atoms with Crippen molar-refractivity contribution in [1.82, 2.24) is 0 Å². The van der Waals surface area contributed by atoms with Crippen molar-refractivity contribution in [1.29, 1.82) is 10.5 Å². The second-order valence-electron chi connectivity index (χ2n) is 7.21. The summed E-state index contributed by atoms with van der Waals surface area (Å²) in [7, 11) is 0. The van der Waals surface area contributed by atoms with Gasteiger partial charge in [0.25, 0.3) is 0 Å². The van der Waals surface area contributed by atoms with Gasteiger partial charge in [-0.25, -0.2) is 0 Å². The molecule has 0 fully saturated rings. The van der Waals surface area contributed by atoms with Crippen LogP contribution in [0.15, 0.2) is 0 Å². The largest absolute Gasteiger partial charge is 0.481 e. The maximum atomic E-state index is 11.7. The Kier molecular flexibility index (Phi) is 15.8. The number of carboxylic acid groups (broad SMARTS) is 2. The van der Waals surface area contributed by atoms with Crippen LogP contribution in [0.25, 0.3) is 0 Å². The minimum absolute atomic E-state index is 0.0853. The molecule has 0 bridgehead atoms. The quantitative estimate of drug-likeness (QED) is 0.291. The number of rotatable bonds is 11. The third-order valence-corrected chi connectivity index (χ3v) is 3.90. The van der Waals surface area contributed by atoms with Crippen LogP contribution in [-0.4, -0.2) is 33.7 Å². The summed E-state index contributed by atoms with van der Waals surface area (Å²) in [5, 5.41) is 32.1. The Bertz CT molecular complexity index is 561. The number of carbonyl (C=O) groups excluding carboxylic acids is 2. The van der Waals surface area contributed by atoms with E-state index in [1.807, 2.05) is 0 Å². The fourth-order valence-electron chi connectivity index (χ4n) is 1.65. The first kappa shape index (κ1) is 29.6. The summed E-state index contributed by atoms with van der Waals surface area (Å²) in [5.74, 6) is -2.18. The molecule has 0 aromatic rings. The second-order valence-corrected chi connectivity index (χ2v) is 7.21. The summed E-state index contributed by atoms with van der Waals surface area (Å²) in [4.78, 5) is 45.2. The molecule has 0 unspecified atom stereocenters. The smallest absolute Gasteiger partial charge is 0.309 e. The highest BCUT2D eigenvalue weighted by atomic mass is 16.4. The van der Waals surface area contributed by atoms with E-state index in [9.17, 15) is 19.2 Å². The van der Waals surface area contributed by atoms with E-state index in [0.717, 1.165) is 0 Å². The third kappa shape index (κ3) is 16.3. The van der Waals surface area contributed by atoms with Crippen molar-refractivity contribution in [2.24, 2.45) is 22.3 Å². The Hall–Kier alpha value is -3.14. The van der Waals surface area contributed by atoms with Gasteiger partial charge in [0.1, 0.15) is 11.6 Å². The van der Waals surface area contributed by atoms with E-state index in [1.165, 1.54) is 12.4 Å². The predicted molar refractivity (Wildman–Crippen MR) is 100 cm³/mol. The molecule has 0 aliphatic carbocycles. The molecule has 158 valence electrons. The maximum absolute atomic E-state index is 11.7. The molecule has 10 heteroatoms. The second kappa shape index (κ2) is 15.0. The van der Waals surface area contributed by atoms with Crippen LogP contribution in [0.5, 0.6) is 0 Å². The molecule has 0 aromatic heterocycles. The van der Waals surface area contributed by atoms with Crippen LogP contribution in [0.3, 0.4) is 0 Å². The van der Waals surface area contributed by atoms with Gasteiger partial charge in [-0.15, -0.1) is 0 Å². The van der Waals surface area contributed by atoms with Gasteiger partial charge in [0.15, 0.2) is 12.4 Å². The van der Waals surface area contributed by atoms with Crippen LogP contribution in [0.4, 0.5) is 0 Å². The van der Waals surface area contributed by atoms with E-state index >= 15 is 0 Å². The summed E-state index contributed by atoms with van der Waals surface area (Å²) in [6, 6.07) is 0. The molecular formula is C18H30N4O6. The fraction of sp³-hybridized carbons (Fsp3) is 0.667. The molecule has 0 aliphatic heterocycles. The molecule has 0 spiro atoms. The molecule has 0 aliphatic rings. The number of carbonyl (C=O) groups is 4. The van der Waals surface area contributed by atoms with Gasteiger partial charge in [-0.3, -0.25) is 19.2 Å². The Labute approximate surface area is 165 Å². The molecule has 0 saturated heterocycles. The minimum Gasteiger partial charge on any atom is -0.481 e. The van der Waals surface area contributed by atoms with Gasteiger partial charge < -0.3 is 21.7 Å². The highest BCUT2D eigenvalue weighted by molar-refractivity contribution is 5.86. The zero-order valence-electron chi connectivity index (χ0n) is 16.8. The number of ketones is 2. The van der Waals surface area contributed by atoms with Gasteiger partial charge in [0.2, 0.25) is 0 Å². The van der Waals surface area contributed by atoms with Crippen molar-refractivity contribution in [2.75, 3.05) is 0 Å². The molecule has 0 heterocycles. The number of carboxylic acids is 2. The molecule has 10 nitrogen and oxygen atoms in total. The monoisotopic (exact) mass is 398 g/mol. The Balaban J connectivity index is -0.000000915. The molecule has 28 heavy (non-hydrogen) atoms. The van der Waals surface area contributed by atoms with Gasteiger partial charge in [0, 0.05) is 25.7 Å². The topological polar surface area (TPSA) is 208 Å². The number of hydrogen-bond acceptors (Lipinski definition) is 8. The zero-order chi connectivity index (χ0) is 23.0. The van der Waals surface area contributed by atoms with E-state index in [-0.39, 0.29) is 50.1 Å². The SMILES string of the molecule is CC(C)(CCC(=O)CCC(=O)CCC(C)(C)C(=O)O)C(=O)O.N#CN.N#CN. The van der Waals surface area contributed by atoms with Gasteiger partial charge >= 0.3 is 11.9 Å². The average molecular weight is 398 g/mol. The van der Waals surface area contributed by atoms with E-state index in [2.05, 4.69) is 11.5 Å². The highest BCUT2D eigenvalue weighted by Crippen LogP contribution is 2.24. The number of Topliss-reactive ketones (excluding diaryl/α,β-unsaturated/α-hetero) is 2. The van der Waals surface area contributed by atoms with E-state index < -0.39 is 22.8 Å². The molecule has 6 N–H and O–H groups in total. The Morgan fingerprint density at radius 3 is 1.11 bits per heavy atom. The van der Waals surface area contributed by atoms with Crippen LogP contribution in [0.2, 0.25) is 0 Å². The lowest BCUT2D eigenvalue weighted by Crippen LogP contribution is -2.25. The lowest BCUT2D eigenvalue weighted by Gasteiger charge is -2.18. The molecule has 0 amide bonds. The van der Waals surface area contributed by atoms with Gasteiger partial charge in [-0.05, 0) is 40.5 Å². The van der Waals surface area contributed by atoms with E-state index in [4.69, 9.17) is 20.7 Å². The molecule has 0 radical (unpaired) electrons. The Morgan fingerprint density at radius 1 is 0.714 bits per heavy atom. The van der Waals surface area contributed by atoms with Crippen LogP contribution < -0.4 is 11.5 Å². The number of nitrogens with two attached hydrogens (primary N) is 2. The van der Waals surface area contributed by atoms with Crippen molar-refractivity contribution in [2.45, 2.75) is 66.2 Å². The van der Waals surface area contributed by atoms with Crippen molar-refractivity contribution in [3.63, 3.8) is 0 Å². The van der Waals surface area contributed by atoms with Crippen molar-refractivity contribution in [3.05, 3.63) is 0 Å². The normalized spacial score (nSPS) is 9.93. The lowest BCUT2D eigenvalue weighted by atomic mass is 9.85. The predicted octanol–water partition coefficient (Wildman–Crippen LogP) is 1.54. The van der Waals surface area contributed by atoms with Crippen LogP contribution in [-0.2, 0) is 19.2 Å². The number of nitrogens with zero attached hydrogens (tertiary/aromatic N) is 2. The van der Waals surface area contributed by atoms with Crippen LogP contribution in [0.1, 0.15) is 66.2 Å². The van der Waals surface area contributed by atoms with Crippen molar-refractivity contribution in [3.8, 4) is 12.4 Å². The third-order valence-electron chi connectivity index (χ3n) is 3.90. The molecule has 0 rings (SSSR count). The number of nitriles is 2. The van der Waals surface area contributed by atoms with E-state index in [0.29, 0.717) is 0 Å². The Morgan fingerprint density at radius 2 is 0.929 bits per heavy atom. The van der Waals surface area contributed by atoms with Crippen LogP contribution >= 0.6 is 0 Å². The first-order valence-electron chi connectivity index (χ1n) is 8.41. The number of hydrogen-bond donors (Lipinski definition) is 4. The average Bonchev–Trinajstić information content (AvgIpc) is 2.57. The summed E-state index contributed by atoms with van der Waals surface area (Å²) in [6.45, 7) is 6.23. The molecule has 0 atom stereocenters. The summed E-state index contributed by atoms with van der Waals surface area (Å²) >= 11 is 0. The summed E-state index contributed by atoms with van der Waals surface area (Å²) in [6.07, 6.45) is 3.41. The molecule has 0 saturated carbocycles. The summed E-state index contributed by atoms with van der Waals surface area (Å²) in [5.41, 5.74) is 6.40. The summed E-state index contributed by atoms with van der Waals surface area (Å²) < 4.78 is 0. The maximum Gasteiger partial charge on any atom is 0.309 e. The van der Waals surface area contributed by atoms with Crippen LogP contribution in [0, 0.1) is 33.7 Å². The van der Waals surface area contributed by atoms with Gasteiger partial charge in [0.05, 0.1) is 10.8 Å². The fourth-order valence-corrected chi connectivity index (χ4v) is 1.65.